The van der Waals surface area contributed by atoms with Crippen molar-refractivity contribution in [1.29, 1.82) is 0 Å². The Morgan fingerprint density at radius 3 is 2.56 bits per heavy atom. The molecular formula is C12H11NO5. The number of nitrogens with zero attached hydrogens (tertiary/aromatic N) is 1. The number of hydrogen-bond acceptors (Lipinski definition) is 5. The average molecular weight is 249 g/mol. The summed E-state index contributed by atoms with van der Waals surface area (Å²) in [7, 11) is 0. The highest BCUT2D eigenvalue weighted by atomic mass is 16.8. The molecule has 2 aromatic rings. The van der Waals surface area contributed by atoms with E-state index in [2.05, 4.69) is 0 Å². The second kappa shape index (κ2) is 4.99. The highest BCUT2D eigenvalue weighted by Crippen LogP contribution is 2.24. The fourth-order valence-electron chi connectivity index (χ4n) is 1.46. The Labute approximate surface area is 103 Å². The molecule has 1 aromatic carbocycles. The van der Waals surface area contributed by atoms with E-state index in [1.54, 1.807) is 30.3 Å². The van der Waals surface area contributed by atoms with Crippen molar-refractivity contribution in [3.8, 4) is 0 Å². The fraction of sp³-hybridized carbons (Fsp3) is 0.167. The first-order chi connectivity index (χ1) is 8.63. The molecule has 0 bridgehead atoms. The van der Waals surface area contributed by atoms with Crippen LogP contribution in [0.3, 0.4) is 0 Å². The van der Waals surface area contributed by atoms with Crippen molar-refractivity contribution in [2.24, 2.45) is 0 Å². The highest BCUT2D eigenvalue weighted by Gasteiger charge is 2.44. The smallest absolute Gasteiger partial charge is 0.467 e. The Hall–Kier alpha value is -2.18. The van der Waals surface area contributed by atoms with Crippen molar-refractivity contribution in [2.45, 2.75) is 12.5 Å². The van der Waals surface area contributed by atoms with Gasteiger partial charge in [0.25, 0.3) is 0 Å². The predicted octanol–water partition coefficient (Wildman–Crippen LogP) is 1.88. The maximum Gasteiger partial charge on any atom is 0.468 e. The van der Waals surface area contributed by atoms with E-state index >= 15 is 0 Å². The molecule has 0 saturated carbocycles. The number of benzene rings is 1. The van der Waals surface area contributed by atoms with Crippen molar-refractivity contribution in [1.82, 2.24) is 0 Å². The third-order valence-corrected chi connectivity index (χ3v) is 2.39. The van der Waals surface area contributed by atoms with Crippen molar-refractivity contribution < 1.29 is 19.2 Å². The molecule has 6 nitrogen and oxygen atoms in total. The highest BCUT2D eigenvalue weighted by molar-refractivity contribution is 5.17. The van der Waals surface area contributed by atoms with Crippen LogP contribution in [0.2, 0.25) is 0 Å². The number of hydrogen-bond donors (Lipinski definition) is 1. The Morgan fingerprint density at radius 1 is 1.28 bits per heavy atom. The second-order valence-corrected chi connectivity index (χ2v) is 3.60. The molecule has 0 amide bonds. The molecule has 1 unspecified atom stereocenters. The molecule has 1 atom stereocenters. The first-order valence-corrected chi connectivity index (χ1v) is 5.21. The number of aliphatic hydroxyl groups is 1. The van der Waals surface area contributed by atoms with E-state index in [4.69, 9.17) is 9.15 Å². The van der Waals surface area contributed by atoms with Gasteiger partial charge in [-0.15, -0.1) is 0 Å². The topological polar surface area (TPSA) is 85.7 Å². The van der Waals surface area contributed by atoms with E-state index in [1.165, 1.54) is 18.4 Å². The number of furan rings is 1. The monoisotopic (exact) mass is 249 g/mol. The molecule has 2 rings (SSSR count). The molecule has 0 aliphatic carbocycles. The molecule has 0 saturated heterocycles. The molecule has 18 heavy (non-hydrogen) atoms. The van der Waals surface area contributed by atoms with Crippen LogP contribution >= 0.6 is 0 Å². The van der Waals surface area contributed by atoms with Gasteiger partial charge in [-0.3, -0.25) is 14.9 Å². The maximum absolute atomic E-state index is 11.0. The van der Waals surface area contributed by atoms with E-state index in [9.17, 15) is 15.2 Å². The number of rotatable bonds is 5. The summed E-state index contributed by atoms with van der Waals surface area (Å²) in [6, 6.07) is 10.9. The van der Waals surface area contributed by atoms with Crippen LogP contribution in [0.5, 0.6) is 0 Å². The van der Waals surface area contributed by atoms with Gasteiger partial charge in [-0.25, -0.2) is 0 Å². The minimum Gasteiger partial charge on any atom is -0.467 e. The van der Waals surface area contributed by atoms with Gasteiger partial charge < -0.3 is 9.52 Å². The van der Waals surface area contributed by atoms with Crippen LogP contribution in [0.15, 0.2) is 53.1 Å². The number of nitro groups is 1. The van der Waals surface area contributed by atoms with Gasteiger partial charge in [-0.1, -0.05) is 18.2 Å². The Bertz CT molecular complexity index is 511. The third-order valence-electron chi connectivity index (χ3n) is 2.39. The summed E-state index contributed by atoms with van der Waals surface area (Å²) in [6.45, 7) is -0.195. The molecule has 0 spiro atoms. The minimum atomic E-state index is -2.58. The van der Waals surface area contributed by atoms with Gasteiger partial charge >= 0.3 is 5.91 Å². The lowest BCUT2D eigenvalue weighted by atomic mass is 10.1. The van der Waals surface area contributed by atoms with E-state index in [0.29, 0.717) is 5.76 Å². The SMILES string of the molecule is O=[N+]([O-])C(O)(OCc1ccco1)c1ccccc1. The van der Waals surface area contributed by atoms with Crippen molar-refractivity contribution in [2.75, 3.05) is 0 Å². The van der Waals surface area contributed by atoms with Gasteiger partial charge in [0.15, 0.2) is 0 Å². The Morgan fingerprint density at radius 2 is 2.00 bits per heavy atom. The largest absolute Gasteiger partial charge is 0.468 e. The van der Waals surface area contributed by atoms with Gasteiger partial charge in [-0.2, -0.15) is 0 Å². The van der Waals surface area contributed by atoms with Crippen molar-refractivity contribution in [3.05, 3.63) is 70.2 Å². The molecule has 6 heteroatoms. The summed E-state index contributed by atoms with van der Waals surface area (Å²) in [6.07, 6.45) is 1.42. The maximum atomic E-state index is 11.0. The average Bonchev–Trinajstić information content (AvgIpc) is 2.90. The Balaban J connectivity index is 2.20. The van der Waals surface area contributed by atoms with E-state index < -0.39 is 10.8 Å². The van der Waals surface area contributed by atoms with Gasteiger partial charge in [-0.05, 0) is 24.3 Å². The molecule has 0 fully saturated rings. The normalized spacial score (nSPS) is 14.1. The lowest BCUT2D eigenvalue weighted by Crippen LogP contribution is -2.38. The van der Waals surface area contributed by atoms with Crippen LogP contribution in [0.25, 0.3) is 0 Å². The molecule has 1 N–H and O–H groups in total. The van der Waals surface area contributed by atoms with Crippen LogP contribution < -0.4 is 0 Å². The summed E-state index contributed by atoms with van der Waals surface area (Å²) in [5.41, 5.74) is 0.0570. The first kappa shape index (κ1) is 12.3. The summed E-state index contributed by atoms with van der Waals surface area (Å²) >= 11 is 0. The van der Waals surface area contributed by atoms with Crippen molar-refractivity contribution >= 4 is 0 Å². The van der Waals surface area contributed by atoms with Crippen LogP contribution in [0.1, 0.15) is 11.3 Å². The zero-order valence-corrected chi connectivity index (χ0v) is 9.35. The lowest BCUT2D eigenvalue weighted by molar-refractivity contribution is -0.703. The number of ether oxygens (including phenoxy) is 1. The van der Waals surface area contributed by atoms with Gasteiger partial charge in [0.05, 0.1) is 16.7 Å². The van der Waals surface area contributed by atoms with E-state index in [-0.39, 0.29) is 12.2 Å². The quantitative estimate of drug-likeness (QED) is 0.496. The van der Waals surface area contributed by atoms with Crippen molar-refractivity contribution in [3.63, 3.8) is 0 Å². The predicted molar refractivity (Wildman–Crippen MR) is 60.8 cm³/mol. The molecule has 1 heterocycles. The Kier molecular flexibility index (Phi) is 3.40. The molecule has 0 radical (unpaired) electrons. The zero-order chi connectivity index (χ0) is 13.0. The van der Waals surface area contributed by atoms with Gasteiger partial charge in [0.1, 0.15) is 12.4 Å². The molecule has 94 valence electrons. The molecular weight excluding hydrogens is 238 g/mol. The van der Waals surface area contributed by atoms with Crippen LogP contribution in [-0.2, 0) is 17.3 Å². The minimum absolute atomic E-state index is 0.0570. The van der Waals surface area contributed by atoms with E-state index in [1.807, 2.05) is 0 Å². The lowest BCUT2D eigenvalue weighted by Gasteiger charge is -2.18. The molecule has 0 aliphatic rings. The van der Waals surface area contributed by atoms with Gasteiger partial charge in [0, 0.05) is 0 Å². The second-order valence-electron chi connectivity index (χ2n) is 3.60. The molecule has 1 aromatic heterocycles. The zero-order valence-electron chi connectivity index (χ0n) is 9.35. The third kappa shape index (κ3) is 2.39. The summed E-state index contributed by atoms with van der Waals surface area (Å²) < 4.78 is 9.97. The van der Waals surface area contributed by atoms with Crippen LogP contribution in [0.4, 0.5) is 0 Å². The van der Waals surface area contributed by atoms with Gasteiger partial charge in [0.2, 0.25) is 0 Å². The standard InChI is InChI=1S/C12H11NO5/c14-12(13(15)16,10-5-2-1-3-6-10)18-9-11-7-4-8-17-11/h1-8,14H,9H2. The summed E-state index contributed by atoms with van der Waals surface area (Å²) in [4.78, 5) is 10.1. The first-order valence-electron chi connectivity index (χ1n) is 5.21. The van der Waals surface area contributed by atoms with Crippen LogP contribution in [-0.4, -0.2) is 10.0 Å². The summed E-state index contributed by atoms with van der Waals surface area (Å²) in [5.74, 6) is -2.18. The fourth-order valence-corrected chi connectivity index (χ4v) is 1.46. The van der Waals surface area contributed by atoms with E-state index in [0.717, 1.165) is 0 Å². The summed E-state index contributed by atoms with van der Waals surface area (Å²) in [5, 5.41) is 21.0. The van der Waals surface area contributed by atoms with Crippen LogP contribution in [0, 0.1) is 10.1 Å². The molecule has 0 aliphatic heterocycles.